The molecule has 0 aromatic heterocycles. The van der Waals surface area contributed by atoms with Crippen LogP contribution in [0, 0.1) is 6.92 Å². The van der Waals surface area contributed by atoms with E-state index in [0.29, 0.717) is 5.69 Å². The van der Waals surface area contributed by atoms with Crippen LogP contribution >= 0.6 is 34.8 Å². The van der Waals surface area contributed by atoms with Crippen LogP contribution in [0.4, 0.5) is 5.69 Å². The van der Waals surface area contributed by atoms with E-state index in [4.69, 9.17) is 34.8 Å². The molecule has 0 spiro atoms. The van der Waals surface area contributed by atoms with Gasteiger partial charge in [0, 0.05) is 5.69 Å². The molecule has 76 valence electrons. The van der Waals surface area contributed by atoms with E-state index in [9.17, 15) is 4.79 Å². The van der Waals surface area contributed by atoms with Crippen LogP contribution in [0.2, 0.25) is 0 Å². The van der Waals surface area contributed by atoms with Crippen LogP contribution in [0.25, 0.3) is 0 Å². The zero-order valence-corrected chi connectivity index (χ0v) is 9.62. The van der Waals surface area contributed by atoms with Crippen molar-refractivity contribution in [1.82, 2.24) is 0 Å². The largest absolute Gasteiger partial charge is 0.322 e. The molecule has 0 radical (unpaired) electrons. The Labute approximate surface area is 97.1 Å². The smallest absolute Gasteiger partial charge is 0.276 e. The fourth-order valence-corrected chi connectivity index (χ4v) is 0.981. The number of aryl methyl sites for hydroxylation is 1. The van der Waals surface area contributed by atoms with Crippen LogP contribution in [0.1, 0.15) is 5.56 Å². The number of rotatable bonds is 1. The molecule has 0 fully saturated rings. The number of hydrogen-bond donors (Lipinski definition) is 1. The number of hydrogen-bond acceptors (Lipinski definition) is 1. The van der Waals surface area contributed by atoms with Gasteiger partial charge in [0.1, 0.15) is 0 Å². The van der Waals surface area contributed by atoms with E-state index < -0.39 is 9.70 Å². The Morgan fingerprint density at radius 3 is 2.14 bits per heavy atom. The highest BCUT2D eigenvalue weighted by Crippen LogP contribution is 2.27. The van der Waals surface area contributed by atoms with Gasteiger partial charge in [0.25, 0.3) is 9.70 Å². The molecule has 1 aromatic rings. The van der Waals surface area contributed by atoms with Crippen molar-refractivity contribution in [3.63, 3.8) is 0 Å². The molecule has 0 bridgehead atoms. The van der Waals surface area contributed by atoms with Crippen LogP contribution < -0.4 is 5.32 Å². The molecule has 0 heterocycles. The minimum absolute atomic E-state index is 0.604. The Hall–Kier alpha value is -0.440. The molecule has 0 unspecified atom stereocenters. The van der Waals surface area contributed by atoms with Gasteiger partial charge in [-0.2, -0.15) is 0 Å². The molecule has 14 heavy (non-hydrogen) atoms. The van der Waals surface area contributed by atoms with Crippen LogP contribution in [0.5, 0.6) is 0 Å². The molecule has 0 aliphatic rings. The van der Waals surface area contributed by atoms with Gasteiger partial charge >= 0.3 is 0 Å². The fraction of sp³-hybridized carbons (Fsp3) is 0.222. The van der Waals surface area contributed by atoms with E-state index in [0.717, 1.165) is 5.56 Å². The summed E-state index contributed by atoms with van der Waals surface area (Å²) in [6.45, 7) is 1.94. The lowest BCUT2D eigenvalue weighted by Gasteiger charge is -2.11. The lowest BCUT2D eigenvalue weighted by atomic mass is 10.2. The number of carbonyl (C=O) groups is 1. The third-order valence-corrected chi connectivity index (χ3v) is 2.08. The van der Waals surface area contributed by atoms with Crippen molar-refractivity contribution in [1.29, 1.82) is 0 Å². The summed E-state index contributed by atoms with van der Waals surface area (Å²) in [7, 11) is 0. The predicted molar refractivity (Wildman–Crippen MR) is 60.1 cm³/mol. The van der Waals surface area contributed by atoms with Gasteiger partial charge in [0.15, 0.2) is 0 Å². The minimum atomic E-state index is -1.93. The van der Waals surface area contributed by atoms with Crippen molar-refractivity contribution < 1.29 is 4.79 Å². The lowest BCUT2D eigenvalue weighted by Crippen LogP contribution is -2.26. The van der Waals surface area contributed by atoms with E-state index in [1.165, 1.54) is 0 Å². The summed E-state index contributed by atoms with van der Waals surface area (Å²) >= 11 is 16.2. The first kappa shape index (κ1) is 11.6. The highest BCUT2D eigenvalue weighted by Gasteiger charge is 2.30. The van der Waals surface area contributed by atoms with Gasteiger partial charge < -0.3 is 5.32 Å². The number of nitrogens with one attached hydrogen (secondary N) is 1. The highest BCUT2D eigenvalue weighted by atomic mass is 35.6. The standard InChI is InChI=1S/C9H8Cl3NO/c1-6-2-4-7(5-3-6)13-8(14)9(10,11)12/h2-5H,1H3,(H,13,14). The van der Waals surface area contributed by atoms with Crippen molar-refractivity contribution in [2.75, 3.05) is 5.32 Å². The van der Waals surface area contributed by atoms with Gasteiger partial charge in [-0.3, -0.25) is 4.79 Å². The molecule has 0 aliphatic carbocycles. The Morgan fingerprint density at radius 2 is 1.71 bits per heavy atom. The second-order valence-corrected chi connectivity index (χ2v) is 5.10. The lowest BCUT2D eigenvalue weighted by molar-refractivity contribution is -0.115. The fourth-order valence-electron chi connectivity index (χ4n) is 0.839. The number of carbonyl (C=O) groups excluding carboxylic acids is 1. The van der Waals surface area contributed by atoms with Gasteiger partial charge in [-0.25, -0.2) is 0 Å². The molecule has 1 amide bonds. The van der Waals surface area contributed by atoms with Crippen molar-refractivity contribution >= 4 is 46.4 Å². The summed E-state index contributed by atoms with van der Waals surface area (Å²) in [5.74, 6) is -0.661. The van der Waals surface area contributed by atoms with Crippen LogP contribution in [-0.4, -0.2) is 9.70 Å². The van der Waals surface area contributed by atoms with E-state index in [1.54, 1.807) is 12.1 Å². The molecule has 1 N–H and O–H groups in total. The first-order valence-corrected chi connectivity index (χ1v) is 4.98. The van der Waals surface area contributed by atoms with E-state index >= 15 is 0 Å². The van der Waals surface area contributed by atoms with Crippen molar-refractivity contribution in [3.05, 3.63) is 29.8 Å². The van der Waals surface area contributed by atoms with Gasteiger partial charge in [0.05, 0.1) is 0 Å². The SMILES string of the molecule is Cc1ccc(NC(=O)C(Cl)(Cl)Cl)cc1. The normalized spacial score (nSPS) is 11.1. The second kappa shape index (κ2) is 4.39. The Balaban J connectivity index is 2.71. The summed E-state index contributed by atoms with van der Waals surface area (Å²) in [5.41, 5.74) is 1.70. The number of amides is 1. The van der Waals surface area contributed by atoms with Gasteiger partial charge in [-0.1, -0.05) is 52.5 Å². The number of alkyl halides is 3. The first-order valence-electron chi connectivity index (χ1n) is 3.84. The Kier molecular flexibility index (Phi) is 3.65. The minimum Gasteiger partial charge on any atom is -0.322 e. The molecule has 1 aromatic carbocycles. The summed E-state index contributed by atoms with van der Waals surface area (Å²) in [6.07, 6.45) is 0. The Bertz CT molecular complexity index is 329. The van der Waals surface area contributed by atoms with Crippen molar-refractivity contribution in [2.24, 2.45) is 0 Å². The maximum atomic E-state index is 11.2. The zero-order chi connectivity index (χ0) is 10.8. The van der Waals surface area contributed by atoms with Crippen LogP contribution in [0.15, 0.2) is 24.3 Å². The summed E-state index contributed by atoms with van der Waals surface area (Å²) in [6, 6.07) is 7.19. The number of anilines is 1. The zero-order valence-electron chi connectivity index (χ0n) is 7.35. The molecule has 5 heteroatoms. The number of benzene rings is 1. The molecule has 0 saturated carbocycles. The Morgan fingerprint density at radius 1 is 1.21 bits per heavy atom. The quantitative estimate of drug-likeness (QED) is 0.764. The molecule has 1 rings (SSSR count). The van der Waals surface area contributed by atoms with Crippen molar-refractivity contribution in [2.45, 2.75) is 10.7 Å². The number of halogens is 3. The molecule has 2 nitrogen and oxygen atoms in total. The molecule has 0 atom stereocenters. The average molecular weight is 253 g/mol. The molecular weight excluding hydrogens is 244 g/mol. The van der Waals surface area contributed by atoms with Gasteiger partial charge in [-0.05, 0) is 19.1 Å². The van der Waals surface area contributed by atoms with Crippen molar-refractivity contribution in [3.8, 4) is 0 Å². The summed E-state index contributed by atoms with van der Waals surface area (Å²) < 4.78 is -1.93. The second-order valence-electron chi connectivity index (χ2n) is 2.82. The highest BCUT2D eigenvalue weighted by molar-refractivity contribution is 6.76. The maximum Gasteiger partial charge on any atom is 0.276 e. The summed E-state index contributed by atoms with van der Waals surface area (Å²) in [5, 5.41) is 2.47. The van der Waals surface area contributed by atoms with E-state index in [2.05, 4.69) is 5.32 Å². The predicted octanol–water partition coefficient (Wildman–Crippen LogP) is 3.30. The molecule has 0 saturated heterocycles. The average Bonchev–Trinajstić information content (AvgIpc) is 2.07. The molecular formula is C9H8Cl3NO. The van der Waals surface area contributed by atoms with Crippen LogP contribution in [0.3, 0.4) is 0 Å². The van der Waals surface area contributed by atoms with E-state index in [-0.39, 0.29) is 0 Å². The third kappa shape index (κ3) is 3.37. The maximum absolute atomic E-state index is 11.2. The molecule has 0 aliphatic heterocycles. The third-order valence-electron chi connectivity index (χ3n) is 1.57. The van der Waals surface area contributed by atoms with E-state index in [1.807, 2.05) is 19.1 Å². The first-order chi connectivity index (χ1) is 6.39. The summed E-state index contributed by atoms with van der Waals surface area (Å²) in [4.78, 5) is 11.2. The van der Waals surface area contributed by atoms with Crippen LogP contribution in [-0.2, 0) is 4.79 Å². The topological polar surface area (TPSA) is 29.1 Å². The monoisotopic (exact) mass is 251 g/mol. The van der Waals surface area contributed by atoms with Gasteiger partial charge in [0.2, 0.25) is 0 Å². The van der Waals surface area contributed by atoms with Gasteiger partial charge in [-0.15, -0.1) is 0 Å².